The largest absolute Gasteiger partial charge is 0.481 e. The van der Waals surface area contributed by atoms with Gasteiger partial charge in [0.1, 0.15) is 18.1 Å². The quantitative estimate of drug-likeness (QED) is 0.119. The van der Waals surface area contributed by atoms with Crippen LogP contribution in [0.25, 0.3) is 10.9 Å². The van der Waals surface area contributed by atoms with Crippen LogP contribution >= 0.6 is 0 Å². The molecule has 0 bridgehead atoms. The monoisotopic (exact) mass is 535 g/mol. The van der Waals surface area contributed by atoms with Crippen molar-refractivity contribution in [2.75, 3.05) is 6.61 Å². The molecule has 4 unspecified atom stereocenters. The number of carbonyl (C=O) groups excluding carboxylic acids is 3. The van der Waals surface area contributed by atoms with Crippen molar-refractivity contribution in [1.29, 1.82) is 0 Å². The van der Waals surface area contributed by atoms with Gasteiger partial charge in [0, 0.05) is 29.9 Å². The minimum atomic E-state index is -1.75. The molecule has 0 aliphatic carbocycles. The Morgan fingerprint density at radius 1 is 0.842 bits per heavy atom. The van der Waals surface area contributed by atoms with Crippen LogP contribution in [0.3, 0.4) is 0 Å². The van der Waals surface area contributed by atoms with E-state index in [1.54, 1.807) is 30.5 Å². The highest BCUT2D eigenvalue weighted by molar-refractivity contribution is 5.96. The number of nitrogens with two attached hydrogens (primary N) is 1. The van der Waals surface area contributed by atoms with Gasteiger partial charge in [0.05, 0.1) is 19.1 Å². The summed E-state index contributed by atoms with van der Waals surface area (Å²) >= 11 is 0. The molecule has 0 aliphatic rings. The summed E-state index contributed by atoms with van der Waals surface area (Å²) in [7, 11) is 0. The van der Waals surface area contributed by atoms with E-state index in [1.165, 1.54) is 0 Å². The van der Waals surface area contributed by atoms with Crippen molar-refractivity contribution in [3.05, 3.63) is 36.0 Å². The van der Waals surface area contributed by atoms with Crippen molar-refractivity contribution >= 4 is 46.5 Å². The zero-order chi connectivity index (χ0) is 28.4. The van der Waals surface area contributed by atoms with E-state index in [4.69, 9.17) is 10.8 Å². The van der Waals surface area contributed by atoms with E-state index in [2.05, 4.69) is 20.9 Å². The number of nitrogens with one attached hydrogen (secondary N) is 4. The molecule has 0 saturated carbocycles. The van der Waals surface area contributed by atoms with Crippen LogP contribution in [0.4, 0.5) is 0 Å². The molecule has 3 amide bonds. The molecule has 15 nitrogen and oxygen atoms in total. The molecule has 0 aliphatic heterocycles. The van der Waals surface area contributed by atoms with E-state index in [1.807, 2.05) is 0 Å². The van der Waals surface area contributed by atoms with Gasteiger partial charge in [0.15, 0.2) is 0 Å². The number of rotatable bonds is 15. The molecular formula is C23H29N5O10. The Kier molecular flexibility index (Phi) is 10.7. The molecule has 0 fully saturated rings. The number of aliphatic carboxylic acids is 3. The summed E-state index contributed by atoms with van der Waals surface area (Å²) in [5.74, 6) is -7.31. The Hall–Kier alpha value is -4.50. The van der Waals surface area contributed by atoms with Gasteiger partial charge in [-0.15, -0.1) is 0 Å². The van der Waals surface area contributed by atoms with Gasteiger partial charge in [-0.05, 0) is 18.1 Å². The fourth-order valence-corrected chi connectivity index (χ4v) is 3.53. The van der Waals surface area contributed by atoms with Crippen LogP contribution in [-0.2, 0) is 35.2 Å². The molecule has 4 atom stereocenters. The first-order valence-electron chi connectivity index (χ1n) is 11.4. The first-order chi connectivity index (χ1) is 17.9. The number of hydrogen-bond acceptors (Lipinski definition) is 8. The van der Waals surface area contributed by atoms with E-state index in [9.17, 15) is 44.1 Å². The lowest BCUT2D eigenvalue weighted by atomic mass is 10.0. The van der Waals surface area contributed by atoms with Crippen LogP contribution in [-0.4, -0.2) is 91.8 Å². The lowest BCUT2D eigenvalue weighted by molar-refractivity contribution is -0.144. The van der Waals surface area contributed by atoms with Crippen LogP contribution in [0.2, 0.25) is 0 Å². The Morgan fingerprint density at radius 3 is 2.05 bits per heavy atom. The highest BCUT2D eigenvalue weighted by Crippen LogP contribution is 2.19. The minimum Gasteiger partial charge on any atom is -0.481 e. The van der Waals surface area contributed by atoms with Crippen LogP contribution in [0.5, 0.6) is 0 Å². The maximum absolute atomic E-state index is 12.8. The Labute approximate surface area is 215 Å². The Balaban J connectivity index is 2.10. The average molecular weight is 536 g/mol. The number of carbonyl (C=O) groups is 6. The third-order valence-corrected chi connectivity index (χ3v) is 5.55. The van der Waals surface area contributed by atoms with Crippen LogP contribution in [0.1, 0.15) is 24.8 Å². The van der Waals surface area contributed by atoms with Crippen LogP contribution in [0.15, 0.2) is 30.5 Å². The second-order valence-corrected chi connectivity index (χ2v) is 8.40. The number of hydrogen-bond donors (Lipinski definition) is 9. The van der Waals surface area contributed by atoms with Crippen LogP contribution < -0.4 is 21.7 Å². The number of carboxylic acids is 3. The summed E-state index contributed by atoms with van der Waals surface area (Å²) < 4.78 is 0. The highest BCUT2D eigenvalue weighted by atomic mass is 16.4. The van der Waals surface area contributed by atoms with E-state index in [-0.39, 0.29) is 12.8 Å². The number of carboxylic acid groups (broad SMARTS) is 3. The predicted molar refractivity (Wildman–Crippen MR) is 130 cm³/mol. The van der Waals surface area contributed by atoms with E-state index in [0.717, 1.165) is 10.9 Å². The predicted octanol–water partition coefficient (Wildman–Crippen LogP) is -2.09. The third-order valence-electron chi connectivity index (χ3n) is 5.55. The smallest absolute Gasteiger partial charge is 0.326 e. The van der Waals surface area contributed by atoms with E-state index in [0.29, 0.717) is 5.56 Å². The van der Waals surface area contributed by atoms with Gasteiger partial charge in [-0.3, -0.25) is 24.0 Å². The maximum Gasteiger partial charge on any atom is 0.326 e. The van der Waals surface area contributed by atoms with Crippen molar-refractivity contribution < 1.29 is 49.2 Å². The molecular weight excluding hydrogens is 506 g/mol. The maximum atomic E-state index is 12.8. The highest BCUT2D eigenvalue weighted by Gasteiger charge is 2.32. The van der Waals surface area contributed by atoms with Gasteiger partial charge < -0.3 is 47.1 Å². The second kappa shape index (κ2) is 13.7. The summed E-state index contributed by atoms with van der Waals surface area (Å²) in [4.78, 5) is 74.3. The summed E-state index contributed by atoms with van der Waals surface area (Å²) in [6.45, 7) is -0.955. The number of H-pyrrole nitrogens is 1. The van der Waals surface area contributed by atoms with Crippen molar-refractivity contribution in [3.8, 4) is 0 Å². The molecule has 2 aromatic rings. The first-order valence-corrected chi connectivity index (χ1v) is 11.4. The lowest BCUT2D eigenvalue weighted by Crippen LogP contribution is -2.58. The Bertz CT molecular complexity index is 1200. The summed E-state index contributed by atoms with van der Waals surface area (Å²) in [5.41, 5.74) is 6.89. The van der Waals surface area contributed by atoms with Crippen molar-refractivity contribution in [3.63, 3.8) is 0 Å². The number of aromatic nitrogens is 1. The molecule has 1 aromatic heterocycles. The Morgan fingerprint density at radius 2 is 1.45 bits per heavy atom. The number of fused-ring (bicyclic) bond motifs is 1. The molecule has 15 heteroatoms. The van der Waals surface area contributed by atoms with E-state index < -0.39 is 79.2 Å². The molecule has 10 N–H and O–H groups in total. The molecule has 1 aromatic carbocycles. The van der Waals surface area contributed by atoms with Gasteiger partial charge in [-0.2, -0.15) is 0 Å². The van der Waals surface area contributed by atoms with Crippen molar-refractivity contribution in [2.45, 2.75) is 49.9 Å². The minimum absolute atomic E-state index is 0.150. The molecule has 0 radical (unpaired) electrons. The summed E-state index contributed by atoms with van der Waals surface area (Å²) in [6.07, 6.45) is -0.171. The zero-order valence-electron chi connectivity index (χ0n) is 20.0. The average Bonchev–Trinajstić information content (AvgIpc) is 3.27. The topological polar surface area (TPSA) is 261 Å². The standard InChI is InChI=1S/C23H29N5O10/c24-13(5-6-18(30)31)20(34)28-17(10-29)22(36)26-15(8-19(32)33)21(35)27-16(23(37)38)7-11-9-25-14-4-2-1-3-12(11)14/h1-4,9,13,15-17,25,29H,5-8,10,24H2,(H,26,36)(H,27,35)(H,28,34)(H,30,31)(H,32,33)(H,37,38). The molecule has 0 saturated heterocycles. The fraction of sp³-hybridized carbons (Fsp3) is 0.391. The molecule has 38 heavy (non-hydrogen) atoms. The number of para-hydroxylation sites is 1. The van der Waals surface area contributed by atoms with Gasteiger partial charge in [0.2, 0.25) is 17.7 Å². The molecule has 2 rings (SSSR count). The fourth-order valence-electron chi connectivity index (χ4n) is 3.53. The van der Waals surface area contributed by atoms with Gasteiger partial charge in [0.25, 0.3) is 0 Å². The third kappa shape index (κ3) is 8.56. The van der Waals surface area contributed by atoms with Gasteiger partial charge in [-0.1, -0.05) is 18.2 Å². The zero-order valence-corrected chi connectivity index (χ0v) is 20.0. The van der Waals surface area contributed by atoms with E-state index >= 15 is 0 Å². The molecule has 206 valence electrons. The normalized spacial score (nSPS) is 14.1. The molecule has 0 spiro atoms. The van der Waals surface area contributed by atoms with Crippen LogP contribution in [0, 0.1) is 0 Å². The number of aliphatic hydroxyl groups is 1. The SMILES string of the molecule is NC(CCC(=O)O)C(=O)NC(CO)C(=O)NC(CC(=O)O)C(=O)NC(Cc1c[nH]c2ccccc12)C(=O)O. The van der Waals surface area contributed by atoms with Crippen molar-refractivity contribution in [1.82, 2.24) is 20.9 Å². The van der Waals surface area contributed by atoms with Gasteiger partial charge >= 0.3 is 17.9 Å². The number of aromatic amines is 1. The second-order valence-electron chi connectivity index (χ2n) is 8.40. The van der Waals surface area contributed by atoms with Crippen molar-refractivity contribution in [2.24, 2.45) is 5.73 Å². The summed E-state index contributed by atoms with van der Waals surface area (Å²) in [5, 5.41) is 44.2. The number of amides is 3. The number of benzene rings is 1. The van der Waals surface area contributed by atoms with Gasteiger partial charge in [-0.25, -0.2) is 4.79 Å². The molecule has 1 heterocycles. The lowest BCUT2D eigenvalue weighted by Gasteiger charge is -2.23. The number of aliphatic hydroxyl groups excluding tert-OH is 1. The first kappa shape index (κ1) is 29.7. The summed E-state index contributed by atoms with van der Waals surface area (Å²) in [6, 6.07) is 0.877.